The minimum Gasteiger partial charge on any atom is -0.389 e. The monoisotopic (exact) mass is 285 g/mol. The zero-order chi connectivity index (χ0) is 15.0. The first-order chi connectivity index (χ1) is 9.96. The second-order valence-electron chi connectivity index (χ2n) is 5.50. The average Bonchev–Trinajstić information content (AvgIpc) is 2.86. The summed E-state index contributed by atoms with van der Waals surface area (Å²) in [7, 11) is 0. The van der Waals surface area contributed by atoms with Crippen LogP contribution < -0.4 is 5.56 Å². The molecule has 1 N–H and O–H groups in total. The predicted octanol–water partition coefficient (Wildman–Crippen LogP) is 0.748. The molecule has 21 heavy (non-hydrogen) atoms. The van der Waals surface area contributed by atoms with E-state index in [2.05, 4.69) is 15.3 Å². The van der Waals surface area contributed by atoms with E-state index in [4.69, 9.17) is 0 Å². The Bertz CT molecular complexity index is 830. The molecule has 108 valence electrons. The number of hydrogen-bond acceptors (Lipinski definition) is 5. The fourth-order valence-corrected chi connectivity index (χ4v) is 2.12. The van der Waals surface area contributed by atoms with Gasteiger partial charge in [-0.3, -0.25) is 9.36 Å². The molecule has 0 saturated carbocycles. The Morgan fingerprint density at radius 1 is 1.24 bits per heavy atom. The normalized spacial score (nSPS) is 12.0. The summed E-state index contributed by atoms with van der Waals surface area (Å²) in [5.74, 6) is 0. The van der Waals surface area contributed by atoms with Gasteiger partial charge in [0, 0.05) is 0 Å². The summed E-state index contributed by atoms with van der Waals surface area (Å²) >= 11 is 0. The number of aromatic nitrogens is 5. The van der Waals surface area contributed by atoms with E-state index in [9.17, 15) is 9.90 Å². The van der Waals surface area contributed by atoms with Crippen LogP contribution in [0.15, 0.2) is 41.5 Å². The smallest absolute Gasteiger partial charge is 0.283 e. The summed E-state index contributed by atoms with van der Waals surface area (Å²) in [4.78, 5) is 16.6. The number of fused-ring (bicyclic) bond motifs is 1. The van der Waals surface area contributed by atoms with E-state index >= 15 is 0 Å². The van der Waals surface area contributed by atoms with E-state index in [1.54, 1.807) is 13.8 Å². The molecule has 0 aliphatic heterocycles. The largest absolute Gasteiger partial charge is 0.389 e. The first-order valence-electron chi connectivity index (χ1n) is 6.54. The summed E-state index contributed by atoms with van der Waals surface area (Å²) in [6, 6.07) is 9.36. The molecule has 7 heteroatoms. The van der Waals surface area contributed by atoms with Gasteiger partial charge >= 0.3 is 0 Å². The van der Waals surface area contributed by atoms with Crippen molar-refractivity contribution in [2.24, 2.45) is 0 Å². The van der Waals surface area contributed by atoms with Gasteiger partial charge in [-0.2, -0.15) is 4.68 Å². The Hall–Kier alpha value is -2.54. The lowest BCUT2D eigenvalue weighted by molar-refractivity contribution is 0.0603. The molecule has 0 fully saturated rings. The summed E-state index contributed by atoms with van der Waals surface area (Å²) in [5.41, 5.74) is 0.0504. The van der Waals surface area contributed by atoms with Gasteiger partial charge in [-0.25, -0.2) is 4.98 Å². The number of para-hydroxylation sites is 1. The molecule has 2 aromatic heterocycles. The minimum absolute atomic E-state index is 0.146. The van der Waals surface area contributed by atoms with E-state index in [0.717, 1.165) is 5.69 Å². The third kappa shape index (κ3) is 2.55. The van der Waals surface area contributed by atoms with Gasteiger partial charge in [-0.15, -0.1) is 5.10 Å². The van der Waals surface area contributed by atoms with Crippen molar-refractivity contribution in [3.63, 3.8) is 0 Å². The quantitative estimate of drug-likeness (QED) is 0.767. The van der Waals surface area contributed by atoms with Gasteiger partial charge in [0.05, 0.1) is 17.8 Å². The third-order valence-corrected chi connectivity index (χ3v) is 2.99. The standard InChI is InChI=1S/C14H15N5O2/c1-14(2,21)8-18-9-15-12-11(13(18)20)16-17-19(12)10-6-4-3-5-7-10/h3-7,9,21H,8H2,1-2H3. The lowest BCUT2D eigenvalue weighted by Crippen LogP contribution is -2.33. The van der Waals surface area contributed by atoms with Gasteiger partial charge < -0.3 is 5.11 Å². The van der Waals surface area contributed by atoms with E-state index in [-0.39, 0.29) is 17.6 Å². The molecule has 0 radical (unpaired) electrons. The van der Waals surface area contributed by atoms with Crippen LogP contribution in [0.3, 0.4) is 0 Å². The van der Waals surface area contributed by atoms with Crippen LogP contribution in [-0.2, 0) is 6.54 Å². The van der Waals surface area contributed by atoms with Crippen molar-refractivity contribution in [1.29, 1.82) is 0 Å². The molecule has 0 saturated heterocycles. The Balaban J connectivity index is 2.14. The van der Waals surface area contributed by atoms with Crippen molar-refractivity contribution >= 4 is 11.2 Å². The van der Waals surface area contributed by atoms with Crippen molar-refractivity contribution in [3.05, 3.63) is 47.0 Å². The molecule has 7 nitrogen and oxygen atoms in total. The van der Waals surface area contributed by atoms with Gasteiger partial charge in [0.15, 0.2) is 11.2 Å². The Morgan fingerprint density at radius 2 is 1.95 bits per heavy atom. The lowest BCUT2D eigenvalue weighted by atomic mass is 10.1. The number of hydrogen-bond donors (Lipinski definition) is 1. The predicted molar refractivity (Wildman–Crippen MR) is 77.2 cm³/mol. The zero-order valence-electron chi connectivity index (χ0n) is 11.8. The number of nitrogens with zero attached hydrogens (tertiary/aromatic N) is 5. The fourth-order valence-electron chi connectivity index (χ4n) is 2.12. The first kappa shape index (κ1) is 13.4. The van der Waals surface area contributed by atoms with Gasteiger partial charge in [0.25, 0.3) is 5.56 Å². The van der Waals surface area contributed by atoms with Gasteiger partial charge in [0.1, 0.15) is 6.33 Å². The molecule has 1 aromatic carbocycles. The van der Waals surface area contributed by atoms with Crippen LogP contribution in [0, 0.1) is 0 Å². The van der Waals surface area contributed by atoms with Crippen molar-refractivity contribution < 1.29 is 5.11 Å². The third-order valence-electron chi connectivity index (χ3n) is 2.99. The molecular weight excluding hydrogens is 270 g/mol. The van der Waals surface area contributed by atoms with Crippen LogP contribution in [0.1, 0.15) is 13.8 Å². The molecule has 0 aliphatic rings. The second-order valence-corrected chi connectivity index (χ2v) is 5.50. The number of benzene rings is 1. The van der Waals surface area contributed by atoms with E-state index < -0.39 is 5.60 Å². The Labute approximate surface area is 120 Å². The van der Waals surface area contributed by atoms with Crippen LogP contribution in [-0.4, -0.2) is 35.3 Å². The van der Waals surface area contributed by atoms with Gasteiger partial charge in [-0.05, 0) is 26.0 Å². The van der Waals surface area contributed by atoms with Gasteiger partial charge in [0.2, 0.25) is 0 Å². The van der Waals surface area contributed by atoms with Crippen LogP contribution in [0.5, 0.6) is 0 Å². The topological polar surface area (TPSA) is 85.8 Å². The molecular formula is C14H15N5O2. The highest BCUT2D eigenvalue weighted by Crippen LogP contribution is 2.11. The molecule has 0 spiro atoms. The maximum atomic E-state index is 12.3. The first-order valence-corrected chi connectivity index (χ1v) is 6.54. The van der Waals surface area contributed by atoms with Crippen molar-refractivity contribution in [2.75, 3.05) is 0 Å². The maximum Gasteiger partial charge on any atom is 0.283 e. The molecule has 0 aliphatic carbocycles. The molecule has 0 atom stereocenters. The minimum atomic E-state index is -1.01. The van der Waals surface area contributed by atoms with Gasteiger partial charge in [-0.1, -0.05) is 23.4 Å². The molecule has 0 bridgehead atoms. The van der Waals surface area contributed by atoms with E-state index in [1.165, 1.54) is 15.6 Å². The fraction of sp³-hybridized carbons (Fsp3) is 0.286. The molecule has 0 amide bonds. The second kappa shape index (κ2) is 4.78. The van der Waals surface area contributed by atoms with Crippen molar-refractivity contribution in [2.45, 2.75) is 26.0 Å². The maximum absolute atomic E-state index is 12.3. The van der Waals surface area contributed by atoms with Crippen LogP contribution >= 0.6 is 0 Å². The highest BCUT2D eigenvalue weighted by atomic mass is 16.3. The van der Waals surface area contributed by atoms with E-state index in [1.807, 2.05) is 30.3 Å². The summed E-state index contributed by atoms with van der Waals surface area (Å²) in [6.45, 7) is 3.40. The highest BCUT2D eigenvalue weighted by Gasteiger charge is 2.18. The van der Waals surface area contributed by atoms with Crippen LogP contribution in [0.25, 0.3) is 16.9 Å². The zero-order valence-corrected chi connectivity index (χ0v) is 11.8. The molecule has 0 unspecified atom stereocenters. The van der Waals surface area contributed by atoms with Crippen LogP contribution in [0.2, 0.25) is 0 Å². The Kier molecular flexibility index (Phi) is 3.06. The van der Waals surface area contributed by atoms with Crippen LogP contribution in [0.4, 0.5) is 0 Å². The summed E-state index contributed by atoms with van der Waals surface area (Å²) < 4.78 is 2.86. The number of aliphatic hydroxyl groups is 1. The average molecular weight is 285 g/mol. The van der Waals surface area contributed by atoms with E-state index in [0.29, 0.717) is 5.65 Å². The molecule has 3 aromatic rings. The SMILES string of the molecule is CC(C)(O)Cn1cnc2c(nnn2-c2ccccc2)c1=O. The molecule has 2 heterocycles. The van der Waals surface area contributed by atoms with Crippen molar-refractivity contribution in [3.8, 4) is 5.69 Å². The lowest BCUT2D eigenvalue weighted by Gasteiger charge is -2.17. The van der Waals surface area contributed by atoms with Crippen molar-refractivity contribution in [1.82, 2.24) is 24.5 Å². The highest BCUT2D eigenvalue weighted by molar-refractivity contribution is 5.70. The number of rotatable bonds is 3. The summed E-state index contributed by atoms with van der Waals surface area (Å²) in [6.07, 6.45) is 1.41. The summed E-state index contributed by atoms with van der Waals surface area (Å²) in [5, 5.41) is 17.7. The Morgan fingerprint density at radius 3 is 2.62 bits per heavy atom. The molecule has 3 rings (SSSR count).